The Labute approximate surface area is 381 Å². The van der Waals surface area contributed by atoms with Gasteiger partial charge >= 0.3 is 11.9 Å². The van der Waals surface area contributed by atoms with Gasteiger partial charge in [-0.1, -0.05) is 194 Å². The Bertz CT molecular complexity index is 1100. The van der Waals surface area contributed by atoms with Crippen LogP contribution in [-0.2, 0) is 38.7 Å². The molecular formula is C45H86NaO12S. The molecule has 345 valence electrons. The van der Waals surface area contributed by atoms with E-state index in [2.05, 4.69) is 13.8 Å². The van der Waals surface area contributed by atoms with Gasteiger partial charge in [0.05, 0.1) is 6.61 Å². The Morgan fingerprint density at radius 3 is 1.25 bits per heavy atom. The van der Waals surface area contributed by atoms with Crippen LogP contribution in [0.5, 0.6) is 0 Å². The van der Waals surface area contributed by atoms with Gasteiger partial charge in [-0.3, -0.25) is 14.1 Å². The van der Waals surface area contributed by atoms with E-state index in [1.165, 1.54) is 141 Å². The van der Waals surface area contributed by atoms with E-state index in [4.69, 9.17) is 18.9 Å². The standard InChI is InChI=1S/C45H86O12S.Na/c1-3-5-7-9-11-13-15-17-19-21-23-25-27-29-31-33-40(46)54-35-38(36-55-45-44(50)43(49)42(48)39(57-45)37-58(51,52)53)56-41(47)34-32-30-28-26-24-22-20-18-16-14-12-10-8-6-4-2;/h38-39,42-45,48-50H,3-37H2,1-2H3,(H,51,52,53);/t38?,39-,42-,43+,44-,45-;/m1./s1. The first kappa shape index (κ1) is 58.6. The molecule has 12 nitrogen and oxygen atoms in total. The molecule has 0 aromatic carbocycles. The van der Waals surface area contributed by atoms with Gasteiger partial charge < -0.3 is 34.3 Å². The summed E-state index contributed by atoms with van der Waals surface area (Å²) in [6.45, 7) is 3.79. The average Bonchev–Trinajstić information content (AvgIpc) is 3.18. The van der Waals surface area contributed by atoms with Crippen LogP contribution >= 0.6 is 0 Å². The van der Waals surface area contributed by atoms with E-state index in [0.717, 1.165) is 38.5 Å². The molecule has 0 amide bonds. The van der Waals surface area contributed by atoms with Crippen LogP contribution in [0.1, 0.15) is 219 Å². The van der Waals surface area contributed by atoms with Gasteiger partial charge in [0.1, 0.15) is 36.8 Å². The summed E-state index contributed by atoms with van der Waals surface area (Å²) < 4.78 is 54.1. The molecule has 6 atom stereocenters. The summed E-state index contributed by atoms with van der Waals surface area (Å²) in [5.41, 5.74) is 0. The van der Waals surface area contributed by atoms with E-state index in [1.54, 1.807) is 0 Å². The minimum Gasteiger partial charge on any atom is -0.462 e. The maximum atomic E-state index is 12.8. The summed E-state index contributed by atoms with van der Waals surface area (Å²) in [6.07, 6.45) is 27.1. The van der Waals surface area contributed by atoms with Crippen molar-refractivity contribution in [2.45, 2.75) is 256 Å². The van der Waals surface area contributed by atoms with Gasteiger partial charge in [-0.15, -0.1) is 0 Å². The van der Waals surface area contributed by atoms with E-state index in [0.29, 0.717) is 12.8 Å². The molecule has 1 aliphatic heterocycles. The van der Waals surface area contributed by atoms with Crippen molar-refractivity contribution < 1.29 is 56.8 Å². The molecule has 1 rings (SSSR count). The summed E-state index contributed by atoms with van der Waals surface area (Å²) in [5, 5.41) is 30.9. The first-order valence-electron chi connectivity index (χ1n) is 23.6. The van der Waals surface area contributed by atoms with Crippen LogP contribution in [0.25, 0.3) is 0 Å². The normalized spacial score (nSPS) is 19.9. The average molecular weight is 874 g/mol. The monoisotopic (exact) mass is 874 g/mol. The second kappa shape index (κ2) is 39.3. The molecule has 1 unspecified atom stereocenters. The van der Waals surface area contributed by atoms with E-state index < -0.39 is 71.2 Å². The maximum Gasteiger partial charge on any atom is 0.306 e. The third kappa shape index (κ3) is 33.8. The maximum absolute atomic E-state index is 12.8. The molecule has 14 heteroatoms. The molecule has 0 aliphatic carbocycles. The van der Waals surface area contributed by atoms with Crippen molar-refractivity contribution in [2.75, 3.05) is 19.0 Å². The van der Waals surface area contributed by atoms with Gasteiger partial charge in [0.15, 0.2) is 12.4 Å². The summed E-state index contributed by atoms with van der Waals surface area (Å²) in [7, 11) is -4.60. The van der Waals surface area contributed by atoms with Gasteiger partial charge in [0, 0.05) is 42.4 Å². The summed E-state index contributed by atoms with van der Waals surface area (Å²) in [6, 6.07) is 0. The third-order valence-corrected chi connectivity index (χ3v) is 11.9. The van der Waals surface area contributed by atoms with Crippen molar-refractivity contribution in [2.24, 2.45) is 0 Å². The van der Waals surface area contributed by atoms with Crippen LogP contribution in [-0.4, -0.2) is 126 Å². The molecule has 0 spiro atoms. The SMILES string of the molecule is CCCCCCCCCCCCCCCCCC(=O)OCC(CO[C@@H]1O[C@H](CS(=O)(=O)O)[C@@H](O)[C@H](O)[C@H]1O)OC(=O)CCCCCCCCCCCCCCCCC.[Na]. The Morgan fingerprint density at radius 2 is 0.881 bits per heavy atom. The van der Waals surface area contributed by atoms with Crippen molar-refractivity contribution in [3.8, 4) is 0 Å². The zero-order valence-electron chi connectivity index (χ0n) is 37.7. The van der Waals surface area contributed by atoms with Gasteiger partial charge in [-0.25, -0.2) is 0 Å². The smallest absolute Gasteiger partial charge is 0.306 e. The molecule has 1 radical (unpaired) electrons. The molecule has 0 saturated carbocycles. The number of hydrogen-bond acceptors (Lipinski definition) is 11. The summed E-state index contributed by atoms with van der Waals surface area (Å²) in [5.74, 6) is -1.96. The van der Waals surface area contributed by atoms with Crippen LogP contribution in [0.4, 0.5) is 0 Å². The predicted octanol–water partition coefficient (Wildman–Crippen LogP) is 9.30. The predicted molar refractivity (Wildman–Crippen MR) is 235 cm³/mol. The van der Waals surface area contributed by atoms with Crippen LogP contribution in [0.2, 0.25) is 0 Å². The number of carbonyl (C=O) groups excluding carboxylic acids is 2. The van der Waals surface area contributed by atoms with Gasteiger partial charge in [-0.05, 0) is 12.8 Å². The summed E-state index contributed by atoms with van der Waals surface area (Å²) in [4.78, 5) is 25.4. The minimum atomic E-state index is -4.60. The quantitative estimate of drug-likeness (QED) is 0.0198. The Morgan fingerprint density at radius 1 is 0.525 bits per heavy atom. The molecule has 0 aromatic heterocycles. The van der Waals surface area contributed by atoms with Crippen LogP contribution in [0.3, 0.4) is 0 Å². The number of rotatable bonds is 40. The van der Waals surface area contributed by atoms with Crippen molar-refractivity contribution in [3.05, 3.63) is 0 Å². The number of esters is 2. The van der Waals surface area contributed by atoms with E-state index in [9.17, 15) is 37.9 Å². The number of hydrogen-bond donors (Lipinski definition) is 4. The second-order valence-corrected chi connectivity index (χ2v) is 18.3. The van der Waals surface area contributed by atoms with Crippen molar-refractivity contribution >= 4 is 51.6 Å². The van der Waals surface area contributed by atoms with E-state index in [1.807, 2.05) is 0 Å². The number of unbranched alkanes of at least 4 members (excludes halogenated alkanes) is 28. The van der Waals surface area contributed by atoms with Crippen molar-refractivity contribution in [1.82, 2.24) is 0 Å². The zero-order chi connectivity index (χ0) is 42.7. The third-order valence-electron chi connectivity index (χ3n) is 11.2. The first-order chi connectivity index (χ1) is 28.0. The Balaban J connectivity index is 0.0000336. The number of ether oxygens (including phenoxy) is 4. The molecule has 1 aliphatic rings. The fraction of sp³-hybridized carbons (Fsp3) is 0.956. The van der Waals surface area contributed by atoms with Crippen LogP contribution < -0.4 is 0 Å². The fourth-order valence-corrected chi connectivity index (χ4v) is 8.19. The fourth-order valence-electron chi connectivity index (χ4n) is 7.50. The number of carbonyl (C=O) groups is 2. The topological polar surface area (TPSA) is 186 Å². The number of aliphatic hydroxyl groups is 3. The summed E-state index contributed by atoms with van der Waals surface area (Å²) >= 11 is 0. The Kier molecular flexibility index (Phi) is 39.0. The van der Waals surface area contributed by atoms with Crippen LogP contribution in [0, 0.1) is 0 Å². The van der Waals surface area contributed by atoms with Crippen LogP contribution in [0.15, 0.2) is 0 Å². The number of aliphatic hydroxyl groups excluding tert-OH is 3. The largest absolute Gasteiger partial charge is 0.462 e. The second-order valence-electron chi connectivity index (χ2n) is 16.8. The van der Waals surface area contributed by atoms with Crippen molar-refractivity contribution in [3.63, 3.8) is 0 Å². The Hall–Kier alpha value is -0.350. The van der Waals surface area contributed by atoms with E-state index in [-0.39, 0.29) is 49.0 Å². The molecular weight excluding hydrogens is 788 g/mol. The van der Waals surface area contributed by atoms with Gasteiger partial charge in [0.2, 0.25) is 0 Å². The minimum absolute atomic E-state index is 0. The molecule has 59 heavy (non-hydrogen) atoms. The molecule has 1 heterocycles. The zero-order valence-corrected chi connectivity index (χ0v) is 40.5. The molecule has 1 saturated heterocycles. The molecule has 0 bridgehead atoms. The van der Waals surface area contributed by atoms with Gasteiger partial charge in [0.25, 0.3) is 10.1 Å². The van der Waals surface area contributed by atoms with E-state index >= 15 is 0 Å². The van der Waals surface area contributed by atoms with Gasteiger partial charge in [-0.2, -0.15) is 8.42 Å². The molecule has 0 aromatic rings. The first-order valence-corrected chi connectivity index (χ1v) is 25.2. The molecule has 4 N–H and O–H groups in total. The molecule has 1 fully saturated rings. The van der Waals surface area contributed by atoms with Crippen molar-refractivity contribution in [1.29, 1.82) is 0 Å².